The first kappa shape index (κ1) is 16.4. The Kier molecular flexibility index (Phi) is 5.62. The zero-order valence-corrected chi connectivity index (χ0v) is 17.2. The van der Waals surface area contributed by atoms with Crippen molar-refractivity contribution in [3.05, 3.63) is 40.1 Å². The maximum atomic E-state index is 12.5. The number of hydrogen-bond acceptors (Lipinski definition) is 3. The molecule has 2 rings (SSSR count). The van der Waals surface area contributed by atoms with Gasteiger partial charge >= 0.3 is 0 Å². The molecule has 0 spiro atoms. The van der Waals surface area contributed by atoms with Gasteiger partial charge in [0.25, 0.3) is 5.91 Å². The van der Waals surface area contributed by atoms with Crippen LogP contribution in [0.3, 0.4) is 0 Å². The van der Waals surface area contributed by atoms with Crippen LogP contribution in [-0.4, -0.2) is 33.0 Å². The highest BCUT2D eigenvalue weighted by Gasteiger charge is 2.18. The molecule has 0 aliphatic heterocycles. The molecule has 0 fully saturated rings. The number of amides is 1. The van der Waals surface area contributed by atoms with Crippen LogP contribution in [0.5, 0.6) is 0 Å². The van der Waals surface area contributed by atoms with Crippen molar-refractivity contribution >= 4 is 73.7 Å². The van der Waals surface area contributed by atoms with Gasteiger partial charge in [-0.3, -0.25) is 9.89 Å². The summed E-state index contributed by atoms with van der Waals surface area (Å²) in [6.07, 6.45) is 0. The Labute approximate surface area is 157 Å². The van der Waals surface area contributed by atoms with E-state index in [1.807, 2.05) is 13.0 Å². The van der Waals surface area contributed by atoms with Gasteiger partial charge in [-0.1, -0.05) is 0 Å². The molecule has 1 aromatic heterocycles. The topological polar surface area (TPSA) is 61.9 Å². The van der Waals surface area contributed by atoms with Gasteiger partial charge in [-0.05, 0) is 86.8 Å². The molecule has 5 nitrogen and oxygen atoms in total. The van der Waals surface area contributed by atoms with E-state index in [1.54, 1.807) is 11.9 Å². The zero-order chi connectivity index (χ0) is 14.9. The van der Waals surface area contributed by atoms with Crippen LogP contribution in [-0.2, 0) is 6.54 Å². The summed E-state index contributed by atoms with van der Waals surface area (Å²) in [7, 11) is 1.76. The molecule has 1 aromatic carbocycles. The van der Waals surface area contributed by atoms with E-state index in [9.17, 15) is 4.79 Å². The number of aryl methyl sites for hydroxylation is 1. The monoisotopic (exact) mass is 608 g/mol. The quantitative estimate of drug-likeness (QED) is 0.431. The average molecular weight is 608 g/mol. The second-order valence-corrected chi connectivity index (χ2v) is 7.73. The Morgan fingerprint density at radius 1 is 1.35 bits per heavy atom. The van der Waals surface area contributed by atoms with Gasteiger partial charge in [-0.2, -0.15) is 5.10 Å². The van der Waals surface area contributed by atoms with Crippen LogP contribution < -0.4 is 0 Å². The van der Waals surface area contributed by atoms with E-state index in [1.165, 1.54) is 0 Å². The molecular formula is C12H11I3N4O. The summed E-state index contributed by atoms with van der Waals surface area (Å²) in [5, 5.41) is 6.83. The fourth-order valence-electron chi connectivity index (χ4n) is 1.66. The highest BCUT2D eigenvalue weighted by molar-refractivity contribution is 14.1. The molecule has 0 bridgehead atoms. The van der Waals surface area contributed by atoms with Crippen molar-refractivity contribution in [1.29, 1.82) is 0 Å². The number of benzene rings is 1. The van der Waals surface area contributed by atoms with Crippen LogP contribution in [0.2, 0.25) is 0 Å². The van der Waals surface area contributed by atoms with Crippen molar-refractivity contribution in [2.45, 2.75) is 13.5 Å². The van der Waals surface area contributed by atoms with E-state index in [2.05, 4.69) is 89.0 Å². The van der Waals surface area contributed by atoms with Crippen LogP contribution in [0, 0.1) is 17.6 Å². The SMILES string of the molecule is Cc1nc(CN(C)C(=O)c2cc(I)cc(I)c2I)n[nH]1. The van der Waals surface area contributed by atoms with Crippen LogP contribution in [0.25, 0.3) is 0 Å². The predicted molar refractivity (Wildman–Crippen MR) is 102 cm³/mol. The summed E-state index contributed by atoms with van der Waals surface area (Å²) in [6, 6.07) is 3.96. The highest BCUT2D eigenvalue weighted by Crippen LogP contribution is 2.24. The Morgan fingerprint density at radius 2 is 2.05 bits per heavy atom. The minimum absolute atomic E-state index is 0.0201. The van der Waals surface area contributed by atoms with Crippen molar-refractivity contribution in [3.8, 4) is 0 Å². The predicted octanol–water partition coefficient (Wildman–Crippen LogP) is 3.20. The second kappa shape index (κ2) is 6.85. The standard InChI is InChI=1S/C12H11I3N4O/c1-6-16-10(18-17-6)5-19(2)12(20)8-3-7(13)4-9(14)11(8)15/h3-4H,5H2,1-2H3,(H,16,17,18). The molecule has 0 aliphatic rings. The molecule has 2 aromatic rings. The Balaban J connectivity index is 2.22. The smallest absolute Gasteiger partial charge is 0.255 e. The first-order chi connectivity index (χ1) is 9.38. The van der Waals surface area contributed by atoms with Crippen molar-refractivity contribution in [3.63, 3.8) is 0 Å². The molecule has 8 heteroatoms. The summed E-state index contributed by atoms with van der Waals surface area (Å²) in [5.41, 5.74) is 0.719. The number of aromatic amines is 1. The molecule has 0 radical (unpaired) electrons. The average Bonchev–Trinajstić information content (AvgIpc) is 2.78. The van der Waals surface area contributed by atoms with Gasteiger partial charge in [0.1, 0.15) is 5.82 Å². The third kappa shape index (κ3) is 3.81. The summed E-state index contributed by atoms with van der Waals surface area (Å²) >= 11 is 6.68. The van der Waals surface area contributed by atoms with Crippen molar-refractivity contribution < 1.29 is 4.79 Å². The number of carbonyl (C=O) groups excluding carboxylic acids is 1. The zero-order valence-electron chi connectivity index (χ0n) is 10.7. The molecule has 1 heterocycles. The van der Waals surface area contributed by atoms with Crippen molar-refractivity contribution in [2.75, 3.05) is 7.05 Å². The number of halogens is 3. The lowest BCUT2D eigenvalue weighted by atomic mass is 10.2. The number of nitrogens with zero attached hydrogens (tertiary/aromatic N) is 3. The number of H-pyrrole nitrogens is 1. The number of aromatic nitrogens is 3. The summed E-state index contributed by atoms with van der Waals surface area (Å²) < 4.78 is 3.12. The molecule has 0 atom stereocenters. The first-order valence-corrected chi connectivity index (χ1v) is 8.90. The normalized spacial score (nSPS) is 10.7. The Morgan fingerprint density at radius 3 is 2.65 bits per heavy atom. The molecule has 106 valence electrons. The van der Waals surface area contributed by atoms with Gasteiger partial charge in [-0.25, -0.2) is 4.98 Å². The Hall–Kier alpha value is 0.0200. The summed E-state index contributed by atoms with van der Waals surface area (Å²) in [6.45, 7) is 2.23. The fraction of sp³-hybridized carbons (Fsp3) is 0.250. The molecule has 1 amide bonds. The van der Waals surface area contributed by atoms with Crippen LogP contribution in [0.4, 0.5) is 0 Å². The van der Waals surface area contributed by atoms with E-state index < -0.39 is 0 Å². The highest BCUT2D eigenvalue weighted by atomic mass is 127. The second-order valence-electron chi connectivity index (χ2n) is 4.25. The van der Waals surface area contributed by atoms with Gasteiger partial charge in [0.05, 0.1) is 12.1 Å². The van der Waals surface area contributed by atoms with E-state index in [0.29, 0.717) is 12.4 Å². The molecule has 0 saturated heterocycles. The fourth-order valence-corrected chi connectivity index (χ4v) is 4.05. The van der Waals surface area contributed by atoms with Gasteiger partial charge in [0.2, 0.25) is 0 Å². The van der Waals surface area contributed by atoms with E-state index >= 15 is 0 Å². The number of nitrogens with one attached hydrogen (secondary N) is 1. The van der Waals surface area contributed by atoms with Crippen LogP contribution >= 0.6 is 67.8 Å². The number of hydrogen-bond donors (Lipinski definition) is 1. The van der Waals surface area contributed by atoms with Crippen molar-refractivity contribution in [2.24, 2.45) is 0 Å². The first-order valence-electron chi connectivity index (χ1n) is 5.66. The van der Waals surface area contributed by atoms with E-state index in [-0.39, 0.29) is 5.91 Å². The van der Waals surface area contributed by atoms with Crippen LogP contribution in [0.1, 0.15) is 22.0 Å². The van der Waals surface area contributed by atoms with Gasteiger partial charge < -0.3 is 4.90 Å². The van der Waals surface area contributed by atoms with E-state index in [0.717, 1.165) is 22.1 Å². The third-order valence-electron chi connectivity index (χ3n) is 2.59. The molecule has 0 unspecified atom stereocenters. The summed E-state index contributed by atoms with van der Waals surface area (Å²) in [5.74, 6) is 1.35. The minimum Gasteiger partial charge on any atom is -0.334 e. The van der Waals surface area contributed by atoms with Crippen LogP contribution in [0.15, 0.2) is 12.1 Å². The lowest BCUT2D eigenvalue weighted by Gasteiger charge is -2.17. The number of rotatable bonds is 3. The molecule has 20 heavy (non-hydrogen) atoms. The van der Waals surface area contributed by atoms with Gasteiger partial charge in [-0.15, -0.1) is 0 Å². The lowest BCUT2D eigenvalue weighted by Crippen LogP contribution is -2.27. The molecule has 1 N–H and O–H groups in total. The maximum absolute atomic E-state index is 12.5. The molecule has 0 saturated carbocycles. The number of carbonyl (C=O) groups is 1. The largest absolute Gasteiger partial charge is 0.334 e. The summed E-state index contributed by atoms with van der Waals surface area (Å²) in [4.78, 5) is 18.4. The third-order valence-corrected chi connectivity index (χ3v) is 6.26. The maximum Gasteiger partial charge on any atom is 0.255 e. The van der Waals surface area contributed by atoms with Gasteiger partial charge in [0, 0.05) is 17.8 Å². The minimum atomic E-state index is -0.0201. The lowest BCUT2D eigenvalue weighted by molar-refractivity contribution is 0.0780. The van der Waals surface area contributed by atoms with Gasteiger partial charge in [0.15, 0.2) is 5.82 Å². The van der Waals surface area contributed by atoms with E-state index in [4.69, 9.17) is 0 Å². The van der Waals surface area contributed by atoms with Crippen molar-refractivity contribution in [1.82, 2.24) is 20.1 Å². The molecule has 0 aliphatic carbocycles. The molecular weight excluding hydrogens is 597 g/mol. The Bertz CT molecular complexity index is 656.